The van der Waals surface area contributed by atoms with Crippen molar-refractivity contribution in [3.63, 3.8) is 0 Å². The van der Waals surface area contributed by atoms with Crippen molar-refractivity contribution in [2.24, 2.45) is 0 Å². The lowest BCUT2D eigenvalue weighted by Crippen LogP contribution is -2.01. The SMILES string of the molecule is O=S(Oc1ccc(Cl)cc1)c1ccccc1Cl. The van der Waals surface area contributed by atoms with E-state index in [9.17, 15) is 4.21 Å². The van der Waals surface area contributed by atoms with Crippen molar-refractivity contribution >= 4 is 34.3 Å². The van der Waals surface area contributed by atoms with Gasteiger partial charge in [-0.25, -0.2) is 4.21 Å². The van der Waals surface area contributed by atoms with Crippen molar-refractivity contribution in [2.45, 2.75) is 4.90 Å². The molecule has 0 saturated heterocycles. The molecule has 2 aromatic rings. The first-order valence-electron chi connectivity index (χ1n) is 4.77. The van der Waals surface area contributed by atoms with Gasteiger partial charge in [0.25, 0.3) is 0 Å². The predicted octanol–water partition coefficient (Wildman–Crippen LogP) is 4.10. The van der Waals surface area contributed by atoms with E-state index in [1.54, 1.807) is 48.5 Å². The Bertz CT molecular complexity index is 540. The van der Waals surface area contributed by atoms with E-state index in [-0.39, 0.29) is 0 Å². The van der Waals surface area contributed by atoms with Crippen LogP contribution in [-0.2, 0) is 11.1 Å². The third-order valence-corrected chi connectivity index (χ3v) is 3.75. The van der Waals surface area contributed by atoms with Crippen molar-refractivity contribution in [1.29, 1.82) is 0 Å². The molecule has 2 aromatic carbocycles. The molecule has 0 amide bonds. The molecule has 0 spiro atoms. The van der Waals surface area contributed by atoms with E-state index in [1.165, 1.54) is 0 Å². The summed E-state index contributed by atoms with van der Waals surface area (Å²) in [6.07, 6.45) is 0. The molecule has 0 bridgehead atoms. The van der Waals surface area contributed by atoms with Gasteiger partial charge in [0.15, 0.2) is 0 Å². The molecule has 0 heterocycles. The second kappa shape index (κ2) is 5.54. The van der Waals surface area contributed by atoms with Crippen LogP contribution in [0.4, 0.5) is 0 Å². The number of benzene rings is 2. The van der Waals surface area contributed by atoms with Crippen LogP contribution in [0.3, 0.4) is 0 Å². The summed E-state index contributed by atoms with van der Waals surface area (Å²) in [5.41, 5.74) is 0. The molecule has 0 saturated carbocycles. The zero-order valence-electron chi connectivity index (χ0n) is 8.60. The maximum atomic E-state index is 11.9. The topological polar surface area (TPSA) is 26.3 Å². The quantitative estimate of drug-likeness (QED) is 0.849. The van der Waals surface area contributed by atoms with Gasteiger partial charge in [0.1, 0.15) is 5.75 Å². The van der Waals surface area contributed by atoms with Gasteiger partial charge >= 0.3 is 0 Å². The minimum Gasteiger partial charge on any atom is -0.397 e. The van der Waals surface area contributed by atoms with Crippen LogP contribution in [0, 0.1) is 0 Å². The van der Waals surface area contributed by atoms with E-state index in [0.717, 1.165) is 0 Å². The first kappa shape index (κ1) is 12.4. The van der Waals surface area contributed by atoms with Gasteiger partial charge in [-0.05, 0) is 36.4 Å². The Morgan fingerprint density at radius 1 is 0.941 bits per heavy atom. The van der Waals surface area contributed by atoms with Crippen LogP contribution in [0.25, 0.3) is 0 Å². The maximum absolute atomic E-state index is 11.9. The Morgan fingerprint density at radius 2 is 1.59 bits per heavy atom. The minimum absolute atomic E-state index is 0.416. The summed E-state index contributed by atoms with van der Waals surface area (Å²) in [6, 6.07) is 13.5. The highest BCUT2D eigenvalue weighted by atomic mass is 35.5. The summed E-state index contributed by atoms with van der Waals surface area (Å²) < 4.78 is 17.2. The molecular formula is C12H8Cl2O2S. The number of hydrogen-bond acceptors (Lipinski definition) is 2. The summed E-state index contributed by atoms with van der Waals surface area (Å²) >= 11 is 10.0. The fourth-order valence-electron chi connectivity index (χ4n) is 1.20. The molecule has 1 unspecified atom stereocenters. The van der Waals surface area contributed by atoms with Crippen LogP contribution in [-0.4, -0.2) is 4.21 Å². The average Bonchev–Trinajstić information content (AvgIpc) is 2.32. The first-order chi connectivity index (χ1) is 8.16. The molecule has 17 heavy (non-hydrogen) atoms. The van der Waals surface area contributed by atoms with Crippen molar-refractivity contribution in [3.8, 4) is 5.75 Å². The lowest BCUT2D eigenvalue weighted by Gasteiger charge is -2.05. The average molecular weight is 287 g/mol. The highest BCUT2D eigenvalue weighted by molar-refractivity contribution is 7.80. The summed E-state index contributed by atoms with van der Waals surface area (Å²) in [6.45, 7) is 0. The van der Waals surface area contributed by atoms with Gasteiger partial charge in [0.05, 0.1) is 9.92 Å². The van der Waals surface area contributed by atoms with Gasteiger partial charge in [-0.2, -0.15) is 0 Å². The molecule has 2 rings (SSSR count). The monoisotopic (exact) mass is 286 g/mol. The second-order valence-corrected chi connectivity index (χ2v) is 5.12. The fraction of sp³-hybridized carbons (Fsp3) is 0. The highest BCUT2D eigenvalue weighted by Crippen LogP contribution is 2.22. The van der Waals surface area contributed by atoms with Gasteiger partial charge in [-0.15, -0.1) is 0 Å². The molecule has 0 aliphatic heterocycles. The maximum Gasteiger partial charge on any atom is 0.242 e. The zero-order valence-corrected chi connectivity index (χ0v) is 10.9. The standard InChI is InChI=1S/C12H8Cl2O2S/c13-9-5-7-10(8-6-9)16-17(15)12-4-2-1-3-11(12)14/h1-8H. The van der Waals surface area contributed by atoms with Crippen LogP contribution in [0.5, 0.6) is 5.75 Å². The van der Waals surface area contributed by atoms with Crippen LogP contribution in [0.2, 0.25) is 10.0 Å². The Kier molecular flexibility index (Phi) is 4.05. The molecular weight excluding hydrogens is 279 g/mol. The van der Waals surface area contributed by atoms with Crippen molar-refractivity contribution < 1.29 is 8.39 Å². The predicted molar refractivity (Wildman–Crippen MR) is 69.9 cm³/mol. The summed E-state index contributed by atoms with van der Waals surface area (Å²) in [7, 11) is 0. The fourth-order valence-corrected chi connectivity index (χ4v) is 2.45. The molecule has 2 nitrogen and oxygen atoms in total. The van der Waals surface area contributed by atoms with Crippen molar-refractivity contribution in [3.05, 3.63) is 58.6 Å². The Hall–Kier alpha value is -1.03. The lowest BCUT2D eigenvalue weighted by atomic mass is 10.3. The lowest BCUT2D eigenvalue weighted by molar-refractivity contribution is 0.562. The van der Waals surface area contributed by atoms with Gasteiger partial charge in [-0.1, -0.05) is 35.3 Å². The van der Waals surface area contributed by atoms with Crippen molar-refractivity contribution in [2.75, 3.05) is 0 Å². The molecule has 0 radical (unpaired) electrons. The van der Waals surface area contributed by atoms with E-state index in [2.05, 4.69) is 0 Å². The smallest absolute Gasteiger partial charge is 0.242 e. The molecule has 0 fully saturated rings. The summed E-state index contributed by atoms with van der Waals surface area (Å²) in [4.78, 5) is 0.448. The van der Waals surface area contributed by atoms with E-state index < -0.39 is 11.1 Å². The second-order valence-electron chi connectivity index (χ2n) is 3.20. The van der Waals surface area contributed by atoms with Crippen LogP contribution in [0.1, 0.15) is 0 Å². The van der Waals surface area contributed by atoms with E-state index in [0.29, 0.717) is 20.7 Å². The zero-order chi connectivity index (χ0) is 12.3. The molecule has 0 aliphatic rings. The number of rotatable bonds is 3. The largest absolute Gasteiger partial charge is 0.397 e. The first-order valence-corrected chi connectivity index (χ1v) is 6.60. The number of hydrogen-bond donors (Lipinski definition) is 0. The van der Waals surface area contributed by atoms with Gasteiger partial charge in [0, 0.05) is 5.02 Å². The normalized spacial score (nSPS) is 12.1. The molecule has 1 atom stereocenters. The Morgan fingerprint density at radius 3 is 2.24 bits per heavy atom. The minimum atomic E-state index is -1.63. The van der Waals surface area contributed by atoms with Crippen LogP contribution >= 0.6 is 23.2 Å². The van der Waals surface area contributed by atoms with Gasteiger partial charge in [-0.3, -0.25) is 0 Å². The third-order valence-electron chi connectivity index (χ3n) is 2.00. The van der Waals surface area contributed by atoms with Gasteiger partial charge in [0.2, 0.25) is 11.1 Å². The molecule has 88 valence electrons. The molecule has 5 heteroatoms. The van der Waals surface area contributed by atoms with Crippen LogP contribution < -0.4 is 4.18 Å². The van der Waals surface area contributed by atoms with E-state index in [4.69, 9.17) is 27.4 Å². The summed E-state index contributed by atoms with van der Waals surface area (Å²) in [5.74, 6) is 0.479. The molecule has 0 N–H and O–H groups in total. The Labute approximate surface area is 112 Å². The number of halogens is 2. The third kappa shape index (κ3) is 3.22. The van der Waals surface area contributed by atoms with E-state index >= 15 is 0 Å². The summed E-state index contributed by atoms with van der Waals surface area (Å²) in [5, 5.41) is 1.01. The van der Waals surface area contributed by atoms with E-state index in [1.807, 2.05) is 0 Å². The molecule has 0 aromatic heterocycles. The van der Waals surface area contributed by atoms with Gasteiger partial charge < -0.3 is 4.18 Å². The van der Waals surface area contributed by atoms with Crippen molar-refractivity contribution in [1.82, 2.24) is 0 Å². The van der Waals surface area contributed by atoms with Crippen LogP contribution in [0.15, 0.2) is 53.4 Å². The Balaban J connectivity index is 2.17. The molecule has 0 aliphatic carbocycles. The highest BCUT2D eigenvalue weighted by Gasteiger charge is 2.10.